The van der Waals surface area contributed by atoms with Crippen LogP contribution in [0.2, 0.25) is 0 Å². The van der Waals surface area contributed by atoms with Gasteiger partial charge in [-0.05, 0) is 25.5 Å². The Morgan fingerprint density at radius 3 is 2.55 bits per heavy atom. The summed E-state index contributed by atoms with van der Waals surface area (Å²) in [7, 11) is 0. The summed E-state index contributed by atoms with van der Waals surface area (Å²) < 4.78 is 5.63. The third-order valence-electron chi connectivity index (χ3n) is 5.53. The van der Waals surface area contributed by atoms with E-state index in [0.29, 0.717) is 12.0 Å². The highest BCUT2D eigenvalue weighted by atomic mass is 16.5. The molecule has 0 aliphatic heterocycles. The molecule has 1 fully saturated rings. The van der Waals surface area contributed by atoms with Gasteiger partial charge in [-0.25, -0.2) is 4.79 Å². The minimum Gasteiger partial charge on any atom is -0.481 e. The van der Waals surface area contributed by atoms with Crippen molar-refractivity contribution in [2.75, 3.05) is 0 Å². The highest BCUT2D eigenvalue weighted by molar-refractivity contribution is 5.89. The van der Waals surface area contributed by atoms with Crippen LogP contribution in [-0.4, -0.2) is 45.1 Å². The number of esters is 1. The fourth-order valence-electron chi connectivity index (χ4n) is 3.88. The molecular weight excluding hydrogens is 372 g/mol. The summed E-state index contributed by atoms with van der Waals surface area (Å²) >= 11 is 0. The molecule has 0 amide bonds. The van der Waals surface area contributed by atoms with E-state index in [1.165, 1.54) is 0 Å². The van der Waals surface area contributed by atoms with Crippen LogP contribution in [-0.2, 0) is 9.53 Å². The van der Waals surface area contributed by atoms with Gasteiger partial charge in [0.2, 0.25) is 0 Å². The minimum atomic E-state index is -1.04. The topological polar surface area (TPSA) is 104 Å². The molecule has 1 aromatic rings. The first kappa shape index (κ1) is 23.1. The van der Waals surface area contributed by atoms with Gasteiger partial charge in [-0.3, -0.25) is 4.79 Å². The fourth-order valence-corrected chi connectivity index (χ4v) is 3.88. The highest BCUT2D eigenvalue weighted by Gasteiger charge is 2.44. The Morgan fingerprint density at radius 2 is 1.93 bits per heavy atom. The number of benzene rings is 1. The Kier molecular flexibility index (Phi) is 8.41. The van der Waals surface area contributed by atoms with Crippen molar-refractivity contribution in [3.63, 3.8) is 0 Å². The molecule has 0 unspecified atom stereocenters. The first-order valence-electron chi connectivity index (χ1n) is 10.3. The van der Waals surface area contributed by atoms with Crippen molar-refractivity contribution in [2.24, 2.45) is 11.8 Å². The van der Waals surface area contributed by atoms with Gasteiger partial charge in [0, 0.05) is 18.3 Å². The van der Waals surface area contributed by atoms with Crippen molar-refractivity contribution in [1.82, 2.24) is 0 Å². The molecule has 5 atom stereocenters. The van der Waals surface area contributed by atoms with E-state index in [1.54, 1.807) is 49.4 Å². The lowest BCUT2D eigenvalue weighted by Crippen LogP contribution is -2.28. The van der Waals surface area contributed by atoms with Gasteiger partial charge in [0.25, 0.3) is 0 Å². The lowest BCUT2D eigenvalue weighted by atomic mass is 9.88. The Bertz CT molecular complexity index is 697. The fraction of sp³-hybridized carbons (Fsp3) is 0.565. The van der Waals surface area contributed by atoms with Gasteiger partial charge in [-0.2, -0.15) is 0 Å². The molecular formula is C23H32O6. The Labute approximate surface area is 172 Å². The molecule has 1 aliphatic rings. The number of carboxylic acids is 1. The van der Waals surface area contributed by atoms with Crippen LogP contribution < -0.4 is 0 Å². The predicted octanol–water partition coefficient (Wildman–Crippen LogP) is 3.57. The second-order valence-corrected chi connectivity index (χ2v) is 8.13. The lowest BCUT2D eigenvalue weighted by Gasteiger charge is -2.24. The molecule has 2 rings (SSSR count). The van der Waals surface area contributed by atoms with Crippen LogP contribution in [0.3, 0.4) is 0 Å². The van der Waals surface area contributed by atoms with E-state index < -0.39 is 41.6 Å². The van der Waals surface area contributed by atoms with E-state index in [-0.39, 0.29) is 12.8 Å². The van der Waals surface area contributed by atoms with E-state index >= 15 is 0 Å². The number of aliphatic hydroxyl groups excluding tert-OH is 1. The van der Waals surface area contributed by atoms with E-state index in [2.05, 4.69) is 6.92 Å². The molecule has 0 spiro atoms. The normalized spacial score (nSPS) is 26.3. The first-order valence-corrected chi connectivity index (χ1v) is 10.3. The molecule has 1 aliphatic carbocycles. The van der Waals surface area contributed by atoms with Crippen molar-refractivity contribution >= 4 is 11.9 Å². The number of hydrogen-bond acceptors (Lipinski definition) is 5. The molecule has 6 nitrogen and oxygen atoms in total. The SMILES string of the molecule is CCCCC[C@@](C)(O)C=C[C@@H]1[C@@H](CC(=O)O)[C@@H](O)C[C@H]1OC(=O)c1ccccc1. The third kappa shape index (κ3) is 6.98. The molecule has 0 heterocycles. The molecule has 160 valence electrons. The van der Waals surface area contributed by atoms with Crippen LogP contribution in [0.1, 0.15) is 62.7 Å². The number of ether oxygens (including phenoxy) is 1. The molecule has 0 aromatic heterocycles. The molecule has 0 saturated heterocycles. The molecule has 1 aromatic carbocycles. The maximum atomic E-state index is 12.5. The predicted molar refractivity (Wildman–Crippen MR) is 109 cm³/mol. The van der Waals surface area contributed by atoms with Crippen molar-refractivity contribution in [2.45, 2.75) is 70.2 Å². The van der Waals surface area contributed by atoms with Crippen LogP contribution in [0, 0.1) is 11.8 Å². The largest absolute Gasteiger partial charge is 0.481 e. The monoisotopic (exact) mass is 404 g/mol. The lowest BCUT2D eigenvalue weighted by molar-refractivity contribution is -0.139. The number of carbonyl (C=O) groups excluding carboxylic acids is 1. The summed E-state index contributed by atoms with van der Waals surface area (Å²) in [5, 5.41) is 30.3. The number of aliphatic hydroxyl groups is 2. The van der Waals surface area contributed by atoms with Gasteiger partial charge < -0.3 is 20.1 Å². The zero-order chi connectivity index (χ0) is 21.4. The summed E-state index contributed by atoms with van der Waals surface area (Å²) in [6.45, 7) is 3.80. The smallest absolute Gasteiger partial charge is 0.338 e. The van der Waals surface area contributed by atoms with Crippen molar-refractivity contribution in [3.05, 3.63) is 48.0 Å². The van der Waals surface area contributed by atoms with Gasteiger partial charge in [-0.15, -0.1) is 0 Å². The average molecular weight is 405 g/mol. The van der Waals surface area contributed by atoms with E-state index in [0.717, 1.165) is 19.3 Å². The van der Waals surface area contributed by atoms with Gasteiger partial charge in [0.1, 0.15) is 6.10 Å². The van der Waals surface area contributed by atoms with E-state index in [9.17, 15) is 24.9 Å². The third-order valence-corrected chi connectivity index (χ3v) is 5.53. The maximum absolute atomic E-state index is 12.5. The molecule has 0 bridgehead atoms. The quantitative estimate of drug-likeness (QED) is 0.313. The molecule has 3 N–H and O–H groups in total. The number of carbonyl (C=O) groups is 2. The van der Waals surface area contributed by atoms with Gasteiger partial charge >= 0.3 is 11.9 Å². The van der Waals surface area contributed by atoms with Crippen LogP contribution in [0.5, 0.6) is 0 Å². The molecule has 1 saturated carbocycles. The summed E-state index contributed by atoms with van der Waals surface area (Å²) in [6, 6.07) is 8.55. The van der Waals surface area contributed by atoms with Gasteiger partial charge in [0.15, 0.2) is 0 Å². The summed E-state index contributed by atoms with van der Waals surface area (Å²) in [6.07, 6.45) is 5.32. The number of hydrogen-bond donors (Lipinski definition) is 3. The summed E-state index contributed by atoms with van der Waals surface area (Å²) in [4.78, 5) is 23.7. The highest BCUT2D eigenvalue weighted by Crippen LogP contribution is 2.38. The maximum Gasteiger partial charge on any atom is 0.338 e. The molecule has 6 heteroatoms. The second kappa shape index (κ2) is 10.6. The second-order valence-electron chi connectivity index (χ2n) is 8.13. The van der Waals surface area contributed by atoms with E-state index in [1.807, 2.05) is 0 Å². The van der Waals surface area contributed by atoms with Crippen LogP contribution >= 0.6 is 0 Å². The number of aliphatic carboxylic acids is 1. The minimum absolute atomic E-state index is 0.170. The van der Waals surface area contributed by atoms with Crippen LogP contribution in [0.25, 0.3) is 0 Å². The van der Waals surface area contributed by atoms with Gasteiger partial charge in [0.05, 0.1) is 23.7 Å². The summed E-state index contributed by atoms with van der Waals surface area (Å²) in [5.74, 6) is -2.58. The number of unbranched alkanes of at least 4 members (excludes halogenated alkanes) is 2. The Morgan fingerprint density at radius 1 is 1.24 bits per heavy atom. The van der Waals surface area contributed by atoms with Crippen molar-refractivity contribution in [3.8, 4) is 0 Å². The van der Waals surface area contributed by atoms with E-state index in [4.69, 9.17) is 4.74 Å². The Hall–Kier alpha value is -2.18. The van der Waals surface area contributed by atoms with Crippen molar-refractivity contribution < 1.29 is 29.6 Å². The zero-order valence-electron chi connectivity index (χ0n) is 17.2. The van der Waals surface area contributed by atoms with Crippen LogP contribution in [0.15, 0.2) is 42.5 Å². The average Bonchev–Trinajstić information content (AvgIpc) is 2.95. The van der Waals surface area contributed by atoms with Crippen LogP contribution in [0.4, 0.5) is 0 Å². The Balaban J connectivity index is 2.16. The standard InChI is InChI=1S/C23H32O6/c1-3-4-8-12-23(2,28)13-11-17-18(14-21(25)26)19(24)15-20(17)29-22(27)16-9-6-5-7-10-16/h5-7,9-11,13,17-20,24,28H,3-4,8,12,14-15H2,1-2H3,(H,25,26)/t17-,18-,19+,20-,23-/m1/s1. The van der Waals surface area contributed by atoms with Crippen molar-refractivity contribution in [1.29, 1.82) is 0 Å². The zero-order valence-corrected chi connectivity index (χ0v) is 17.2. The first-order chi connectivity index (χ1) is 13.7. The van der Waals surface area contributed by atoms with Gasteiger partial charge in [-0.1, -0.05) is 56.5 Å². The molecule has 0 radical (unpaired) electrons. The number of carboxylic acid groups (broad SMARTS) is 1. The summed E-state index contributed by atoms with van der Waals surface area (Å²) in [5.41, 5.74) is -0.636. The molecule has 29 heavy (non-hydrogen) atoms. The number of rotatable bonds is 10.